The van der Waals surface area contributed by atoms with Crippen LogP contribution in [0.15, 0.2) is 12.2 Å². The summed E-state index contributed by atoms with van der Waals surface area (Å²) in [7, 11) is 0. The summed E-state index contributed by atoms with van der Waals surface area (Å²) in [6, 6.07) is 0. The molecule has 0 heterocycles. The number of hydrogen-bond donors (Lipinski definition) is 0. The average Bonchev–Trinajstić information content (AvgIpc) is 2.78. The number of halogens is 1. The normalized spacial score (nSPS) is 11.9. The van der Waals surface area contributed by atoms with Crippen LogP contribution in [0.1, 0.15) is 142 Å². The van der Waals surface area contributed by atoms with Crippen molar-refractivity contribution in [3.05, 3.63) is 12.2 Å². The molecule has 0 fully saturated rings. The molecule has 0 aromatic carbocycles. The second-order valence-electron chi connectivity index (χ2n) is 9.00. The predicted molar refractivity (Wildman–Crippen MR) is 139 cm³/mol. The van der Waals surface area contributed by atoms with Crippen LogP contribution in [0.4, 0.5) is 0 Å². The van der Waals surface area contributed by atoms with E-state index in [1.807, 2.05) is 0 Å². The molecule has 0 aliphatic carbocycles. The van der Waals surface area contributed by atoms with Gasteiger partial charge in [0.05, 0.1) is 0 Å². The van der Waals surface area contributed by atoms with Gasteiger partial charge in [-0.05, 0) is 44.9 Å². The maximum absolute atomic E-state index is 6.11. The van der Waals surface area contributed by atoms with E-state index < -0.39 is 0 Å². The van der Waals surface area contributed by atoms with Crippen molar-refractivity contribution in [3.63, 3.8) is 0 Å². The Hall–Kier alpha value is -0.0500. The molecule has 31 heavy (non-hydrogen) atoms. The molecule has 0 saturated carbocycles. The van der Waals surface area contributed by atoms with E-state index in [4.69, 9.17) is 21.1 Å². The maximum atomic E-state index is 6.11. The van der Waals surface area contributed by atoms with Gasteiger partial charge in [-0.3, -0.25) is 0 Å². The van der Waals surface area contributed by atoms with E-state index in [0.29, 0.717) is 0 Å². The Morgan fingerprint density at radius 3 is 1.55 bits per heavy atom. The smallest absolute Gasteiger partial charge is 0.157 e. The molecule has 0 bridgehead atoms. The average molecular weight is 459 g/mol. The van der Waals surface area contributed by atoms with Gasteiger partial charge in [-0.1, -0.05) is 109 Å². The Morgan fingerprint density at radius 1 is 0.548 bits per heavy atom. The van der Waals surface area contributed by atoms with Gasteiger partial charge in [-0.25, -0.2) is 0 Å². The lowest BCUT2D eigenvalue weighted by Crippen LogP contribution is -2.19. The molecule has 0 aromatic heterocycles. The molecule has 0 N–H and O–H groups in total. The largest absolute Gasteiger partial charge is 0.353 e. The summed E-state index contributed by atoms with van der Waals surface area (Å²) < 4.78 is 12.2. The van der Waals surface area contributed by atoms with Crippen molar-refractivity contribution < 1.29 is 9.47 Å². The van der Waals surface area contributed by atoms with E-state index >= 15 is 0 Å². The van der Waals surface area contributed by atoms with E-state index in [2.05, 4.69) is 26.0 Å². The minimum absolute atomic E-state index is 0.0251. The van der Waals surface area contributed by atoms with E-state index in [9.17, 15) is 0 Å². The molecule has 0 spiro atoms. The summed E-state index contributed by atoms with van der Waals surface area (Å²) in [6.45, 7) is 6.26. The van der Waals surface area contributed by atoms with Crippen LogP contribution in [0.25, 0.3) is 0 Å². The fourth-order valence-electron chi connectivity index (χ4n) is 3.81. The third kappa shape index (κ3) is 26.1. The summed E-state index contributed by atoms with van der Waals surface area (Å²) in [5.74, 6) is 0.741. The third-order valence-corrected chi connectivity index (χ3v) is 6.07. The molecular formula is C28H55ClO2. The predicted octanol–water partition coefficient (Wildman–Crippen LogP) is 9.98. The molecule has 0 aliphatic heterocycles. The lowest BCUT2D eigenvalue weighted by molar-refractivity contribution is -0.148. The molecular weight excluding hydrogens is 404 g/mol. The highest BCUT2D eigenvalue weighted by Crippen LogP contribution is 2.14. The highest BCUT2D eigenvalue weighted by molar-refractivity contribution is 6.17. The minimum Gasteiger partial charge on any atom is -0.353 e. The Bertz CT molecular complexity index is 330. The number of rotatable bonds is 26. The highest BCUT2D eigenvalue weighted by Gasteiger charge is 2.09. The van der Waals surface area contributed by atoms with Gasteiger partial charge in [0, 0.05) is 19.1 Å². The van der Waals surface area contributed by atoms with Gasteiger partial charge >= 0.3 is 0 Å². The van der Waals surface area contributed by atoms with Gasteiger partial charge < -0.3 is 9.47 Å². The van der Waals surface area contributed by atoms with Crippen molar-refractivity contribution in [3.8, 4) is 0 Å². The molecule has 0 rings (SSSR count). The van der Waals surface area contributed by atoms with Gasteiger partial charge in [-0.15, -0.1) is 11.6 Å². The first-order valence-electron chi connectivity index (χ1n) is 13.8. The van der Waals surface area contributed by atoms with Crippen molar-refractivity contribution in [1.82, 2.24) is 0 Å². The first kappa shape index (κ1) is 30.9. The summed E-state index contributed by atoms with van der Waals surface area (Å²) in [5, 5.41) is 0. The van der Waals surface area contributed by atoms with Gasteiger partial charge in [0.25, 0.3) is 0 Å². The van der Waals surface area contributed by atoms with Crippen LogP contribution in [0.3, 0.4) is 0 Å². The minimum atomic E-state index is 0.0251. The molecule has 0 radical (unpaired) electrons. The van der Waals surface area contributed by atoms with Crippen LogP contribution in [0.5, 0.6) is 0 Å². The van der Waals surface area contributed by atoms with Gasteiger partial charge in [0.15, 0.2) is 6.29 Å². The van der Waals surface area contributed by atoms with Crippen LogP contribution >= 0.6 is 11.6 Å². The van der Waals surface area contributed by atoms with Crippen molar-refractivity contribution >= 4 is 11.6 Å². The summed E-state index contributed by atoms with van der Waals surface area (Å²) >= 11 is 5.67. The first-order chi connectivity index (χ1) is 15.3. The highest BCUT2D eigenvalue weighted by atomic mass is 35.5. The number of unbranched alkanes of at least 4 members (excludes halogenated alkanes) is 15. The van der Waals surface area contributed by atoms with Crippen molar-refractivity contribution in [2.75, 3.05) is 19.1 Å². The van der Waals surface area contributed by atoms with Crippen LogP contribution in [0.2, 0.25) is 0 Å². The lowest BCUT2D eigenvalue weighted by atomic mass is 10.1. The summed E-state index contributed by atoms with van der Waals surface area (Å²) in [4.78, 5) is 0. The summed E-state index contributed by atoms with van der Waals surface area (Å²) in [6.07, 6.45) is 30.0. The van der Waals surface area contributed by atoms with Crippen molar-refractivity contribution in [2.24, 2.45) is 0 Å². The Kier molecular flexibility index (Phi) is 27.9. The molecule has 2 nitrogen and oxygen atoms in total. The molecule has 0 amide bonds. The number of alkyl halides is 1. The SMILES string of the molecule is CCCCCCCOC(CCCCCCCCC/C=C/CCCl)OCCCCCCC. The van der Waals surface area contributed by atoms with Crippen LogP contribution in [-0.2, 0) is 9.47 Å². The fourth-order valence-corrected chi connectivity index (χ4v) is 3.94. The zero-order valence-electron chi connectivity index (χ0n) is 21.2. The maximum Gasteiger partial charge on any atom is 0.157 e. The molecule has 0 aliphatic rings. The Morgan fingerprint density at radius 2 is 1.00 bits per heavy atom. The zero-order chi connectivity index (χ0) is 22.7. The third-order valence-electron chi connectivity index (χ3n) is 5.86. The first-order valence-corrected chi connectivity index (χ1v) is 14.3. The van der Waals surface area contributed by atoms with Gasteiger partial charge in [0.2, 0.25) is 0 Å². The molecule has 0 aromatic rings. The van der Waals surface area contributed by atoms with E-state index in [1.54, 1.807) is 0 Å². The molecule has 186 valence electrons. The van der Waals surface area contributed by atoms with Crippen LogP contribution in [-0.4, -0.2) is 25.4 Å². The Balaban J connectivity index is 3.75. The van der Waals surface area contributed by atoms with Crippen molar-refractivity contribution in [1.29, 1.82) is 0 Å². The molecule has 0 saturated heterocycles. The number of allylic oxidation sites excluding steroid dienone is 2. The topological polar surface area (TPSA) is 18.5 Å². The van der Waals surface area contributed by atoms with E-state index in [-0.39, 0.29) is 6.29 Å². The molecule has 0 atom stereocenters. The quantitative estimate of drug-likeness (QED) is 0.0555. The van der Waals surface area contributed by atoms with E-state index in [1.165, 1.54) is 116 Å². The molecule has 0 unspecified atom stereocenters. The molecule has 3 heteroatoms. The van der Waals surface area contributed by atoms with Gasteiger partial charge in [-0.2, -0.15) is 0 Å². The number of ether oxygens (including phenoxy) is 2. The van der Waals surface area contributed by atoms with Crippen LogP contribution < -0.4 is 0 Å². The van der Waals surface area contributed by atoms with Crippen LogP contribution in [0, 0.1) is 0 Å². The second-order valence-corrected chi connectivity index (χ2v) is 9.38. The number of hydrogen-bond acceptors (Lipinski definition) is 2. The zero-order valence-corrected chi connectivity index (χ0v) is 21.9. The monoisotopic (exact) mass is 458 g/mol. The van der Waals surface area contributed by atoms with Gasteiger partial charge in [0.1, 0.15) is 0 Å². The van der Waals surface area contributed by atoms with E-state index in [0.717, 1.165) is 31.9 Å². The fraction of sp³-hybridized carbons (Fsp3) is 0.929. The Labute approximate surface area is 200 Å². The summed E-state index contributed by atoms with van der Waals surface area (Å²) in [5.41, 5.74) is 0. The second kappa shape index (κ2) is 28.0. The lowest BCUT2D eigenvalue weighted by Gasteiger charge is -2.19. The standard InChI is InChI=1S/C28H55ClO2/c1-3-5-7-18-22-26-30-28(31-27-23-19-8-6-4-2)24-20-16-14-12-10-9-11-13-15-17-21-25-29/h15,17,28H,3-14,16,18-27H2,1-2H3/b17-15+. The van der Waals surface area contributed by atoms with Crippen molar-refractivity contribution in [2.45, 2.75) is 149 Å².